The Morgan fingerprint density at radius 1 is 0.964 bits per heavy atom. The third kappa shape index (κ3) is 4.60. The topological polar surface area (TPSA) is 41.6 Å². The van der Waals surface area contributed by atoms with Crippen molar-refractivity contribution < 1.29 is 0 Å². The number of hydrogen-bond donors (Lipinski definition) is 1. The second-order valence-electron chi connectivity index (χ2n) is 7.44. The molecule has 1 aliphatic rings. The van der Waals surface area contributed by atoms with Gasteiger partial charge in [0.05, 0.1) is 11.4 Å². The van der Waals surface area contributed by atoms with E-state index in [0.29, 0.717) is 0 Å². The van der Waals surface area contributed by atoms with Gasteiger partial charge in [0, 0.05) is 17.7 Å². The number of benzene rings is 2. The molecule has 2 aromatic carbocycles. The molecule has 0 aliphatic heterocycles. The molecule has 146 valence electrons. The van der Waals surface area contributed by atoms with E-state index in [9.17, 15) is 0 Å². The Balaban J connectivity index is 1.95. The molecular weight excluding hydrogens is 342 g/mol. The summed E-state index contributed by atoms with van der Waals surface area (Å²) in [4.78, 5) is 0. The van der Waals surface area contributed by atoms with Gasteiger partial charge >= 0.3 is 0 Å². The van der Waals surface area contributed by atoms with Gasteiger partial charge in [0.15, 0.2) is 0 Å². The lowest BCUT2D eigenvalue weighted by Crippen LogP contribution is -2.42. The predicted molar refractivity (Wildman–Crippen MR) is 121 cm³/mol. The van der Waals surface area contributed by atoms with Gasteiger partial charge < -0.3 is 5.73 Å². The van der Waals surface area contributed by atoms with E-state index < -0.39 is 0 Å². The van der Waals surface area contributed by atoms with E-state index in [1.807, 2.05) is 41.4 Å². The zero-order valence-electron chi connectivity index (χ0n) is 17.0. The van der Waals surface area contributed by atoms with Gasteiger partial charge in [-0.05, 0) is 37.1 Å². The van der Waals surface area contributed by atoms with Crippen LogP contribution in [-0.2, 0) is 0 Å². The summed E-state index contributed by atoms with van der Waals surface area (Å²) in [6.07, 6.45) is 13.0. The molecular formula is C25H31N3. The number of nitrogens with zero attached hydrogens (tertiary/aromatic N) is 2. The second-order valence-corrected chi connectivity index (χ2v) is 7.44. The molecule has 0 saturated carbocycles. The number of nitrogens with two attached hydrogens (primary N) is 1. The molecule has 2 N–H and O–H groups in total. The van der Waals surface area contributed by atoms with Crippen LogP contribution in [0, 0.1) is 5.41 Å². The Hall–Kier alpha value is -2.65. The van der Waals surface area contributed by atoms with Gasteiger partial charge in [0.2, 0.25) is 0 Å². The van der Waals surface area contributed by atoms with Crippen molar-refractivity contribution in [3.05, 3.63) is 84.5 Å². The first-order valence-electron chi connectivity index (χ1n) is 10.3. The Bertz CT molecular complexity index is 784. The summed E-state index contributed by atoms with van der Waals surface area (Å²) in [7, 11) is 0. The largest absolute Gasteiger partial charge is 0.323 e. The molecule has 0 saturated heterocycles. The van der Waals surface area contributed by atoms with Crippen LogP contribution in [0.3, 0.4) is 0 Å². The lowest BCUT2D eigenvalue weighted by atomic mass is 9.73. The molecule has 0 spiro atoms. The van der Waals surface area contributed by atoms with E-state index in [1.54, 1.807) is 0 Å². The maximum absolute atomic E-state index is 6.65. The zero-order chi connectivity index (χ0) is 19.8. The lowest BCUT2D eigenvalue weighted by molar-refractivity contribution is 0.432. The molecule has 2 atom stereocenters. The van der Waals surface area contributed by atoms with Gasteiger partial charge in [0.25, 0.3) is 0 Å². The SMILES string of the molecule is CCCC1=CC(N)C(C=NN(c2ccccc2)c2ccccc2)(CCC)C=C1. The predicted octanol–water partition coefficient (Wildman–Crippen LogP) is 6.22. The molecule has 0 bridgehead atoms. The lowest BCUT2D eigenvalue weighted by Gasteiger charge is -2.35. The maximum Gasteiger partial charge on any atom is 0.0652 e. The summed E-state index contributed by atoms with van der Waals surface area (Å²) < 4.78 is 0. The number of rotatable bonds is 8. The van der Waals surface area contributed by atoms with Crippen LogP contribution in [0.2, 0.25) is 0 Å². The van der Waals surface area contributed by atoms with E-state index in [4.69, 9.17) is 10.8 Å². The van der Waals surface area contributed by atoms with Crippen LogP contribution in [0.25, 0.3) is 0 Å². The molecule has 2 unspecified atom stereocenters. The average Bonchev–Trinajstić information content (AvgIpc) is 2.73. The van der Waals surface area contributed by atoms with E-state index in [-0.39, 0.29) is 11.5 Å². The monoisotopic (exact) mass is 373 g/mol. The summed E-state index contributed by atoms with van der Waals surface area (Å²) in [5, 5.41) is 6.94. The summed E-state index contributed by atoms with van der Waals surface area (Å²) in [6, 6.07) is 20.4. The minimum absolute atomic E-state index is 0.0591. The quantitative estimate of drug-likeness (QED) is 0.441. The van der Waals surface area contributed by atoms with Gasteiger partial charge in [0.1, 0.15) is 0 Å². The number of hydrogen-bond acceptors (Lipinski definition) is 3. The van der Waals surface area contributed by atoms with Crippen molar-refractivity contribution in [2.24, 2.45) is 16.3 Å². The smallest absolute Gasteiger partial charge is 0.0652 e. The Morgan fingerprint density at radius 2 is 1.57 bits per heavy atom. The fraction of sp³-hybridized carbons (Fsp3) is 0.320. The Kier molecular flexibility index (Phi) is 6.83. The molecule has 0 radical (unpaired) electrons. The van der Waals surface area contributed by atoms with Crippen LogP contribution in [0.15, 0.2) is 89.6 Å². The minimum atomic E-state index is -0.256. The zero-order valence-corrected chi connectivity index (χ0v) is 17.0. The fourth-order valence-electron chi connectivity index (χ4n) is 3.73. The van der Waals surface area contributed by atoms with Crippen molar-refractivity contribution in [3.8, 4) is 0 Å². The molecule has 0 aromatic heterocycles. The van der Waals surface area contributed by atoms with Crippen LogP contribution in [0.4, 0.5) is 11.4 Å². The van der Waals surface area contributed by atoms with Crippen LogP contribution < -0.4 is 10.7 Å². The highest BCUT2D eigenvalue weighted by Gasteiger charge is 2.33. The Morgan fingerprint density at radius 3 is 2.07 bits per heavy atom. The van der Waals surface area contributed by atoms with Gasteiger partial charge in [-0.1, -0.05) is 86.9 Å². The van der Waals surface area contributed by atoms with Crippen LogP contribution >= 0.6 is 0 Å². The van der Waals surface area contributed by atoms with Crippen molar-refractivity contribution in [1.82, 2.24) is 0 Å². The highest BCUT2D eigenvalue weighted by Crippen LogP contribution is 2.34. The van der Waals surface area contributed by atoms with Crippen LogP contribution in [-0.4, -0.2) is 12.3 Å². The first kappa shape index (κ1) is 20.1. The molecule has 3 rings (SSSR count). The first-order valence-corrected chi connectivity index (χ1v) is 10.3. The van der Waals surface area contributed by atoms with Crippen molar-refractivity contribution >= 4 is 17.6 Å². The summed E-state index contributed by atoms with van der Waals surface area (Å²) in [6.45, 7) is 4.40. The first-order chi connectivity index (χ1) is 13.7. The molecule has 2 aromatic rings. The van der Waals surface area contributed by atoms with E-state index >= 15 is 0 Å². The minimum Gasteiger partial charge on any atom is -0.323 e. The normalized spacial score (nSPS) is 21.7. The number of hydrazone groups is 1. The van der Waals surface area contributed by atoms with Gasteiger partial charge in [-0.15, -0.1) is 0 Å². The highest BCUT2D eigenvalue weighted by molar-refractivity contribution is 5.75. The Labute approximate surface area is 169 Å². The summed E-state index contributed by atoms with van der Waals surface area (Å²) in [5.74, 6) is 0. The van der Waals surface area contributed by atoms with Crippen LogP contribution in [0.1, 0.15) is 39.5 Å². The third-order valence-electron chi connectivity index (χ3n) is 5.26. The summed E-state index contributed by atoms with van der Waals surface area (Å²) >= 11 is 0. The standard InChI is InChI=1S/C25H31N3/c1-3-11-21-16-18-25(17-4-2,24(26)19-21)20-27-28(22-12-7-5-8-13-22)23-14-9-6-10-15-23/h5-10,12-16,18-20,24H,3-4,11,17,26H2,1-2H3. The third-order valence-corrected chi connectivity index (χ3v) is 5.26. The number of anilines is 2. The molecule has 3 nitrogen and oxygen atoms in total. The van der Waals surface area contributed by atoms with Crippen LogP contribution in [0.5, 0.6) is 0 Å². The maximum atomic E-state index is 6.65. The van der Waals surface area contributed by atoms with Gasteiger partial charge in [-0.2, -0.15) is 5.10 Å². The second kappa shape index (κ2) is 9.52. The van der Waals surface area contributed by atoms with Gasteiger partial charge in [-0.3, -0.25) is 0 Å². The summed E-state index contributed by atoms with van der Waals surface area (Å²) in [5.41, 5.74) is 9.79. The molecule has 0 heterocycles. The number of allylic oxidation sites excluding steroid dienone is 2. The van der Waals surface area contributed by atoms with Crippen molar-refractivity contribution in [2.75, 3.05) is 5.01 Å². The molecule has 0 amide bonds. The average molecular weight is 374 g/mol. The van der Waals surface area contributed by atoms with Crippen molar-refractivity contribution in [3.63, 3.8) is 0 Å². The van der Waals surface area contributed by atoms with E-state index in [2.05, 4.69) is 62.6 Å². The molecule has 1 aliphatic carbocycles. The fourth-order valence-corrected chi connectivity index (χ4v) is 3.73. The number of para-hydroxylation sites is 2. The molecule has 3 heteroatoms. The van der Waals surface area contributed by atoms with E-state index in [0.717, 1.165) is 37.1 Å². The van der Waals surface area contributed by atoms with Crippen molar-refractivity contribution in [1.29, 1.82) is 0 Å². The van der Waals surface area contributed by atoms with E-state index in [1.165, 1.54) is 5.57 Å². The molecule has 28 heavy (non-hydrogen) atoms. The highest BCUT2D eigenvalue weighted by atomic mass is 15.5. The van der Waals surface area contributed by atoms with Gasteiger partial charge in [-0.25, -0.2) is 5.01 Å². The molecule has 0 fully saturated rings. The van der Waals surface area contributed by atoms with Crippen molar-refractivity contribution in [2.45, 2.75) is 45.6 Å².